The summed E-state index contributed by atoms with van der Waals surface area (Å²) in [6.45, 7) is 14.5. The van der Waals surface area contributed by atoms with Crippen molar-refractivity contribution in [3.63, 3.8) is 0 Å². The van der Waals surface area contributed by atoms with E-state index < -0.39 is 18.3 Å². The van der Waals surface area contributed by atoms with E-state index in [0.29, 0.717) is 0 Å². The van der Waals surface area contributed by atoms with Gasteiger partial charge in [-0.05, 0) is 56.3 Å². The third kappa shape index (κ3) is 3.61. The minimum atomic E-state index is -0.449. The van der Waals surface area contributed by atoms with Gasteiger partial charge in [0.05, 0.1) is 11.2 Å². The van der Waals surface area contributed by atoms with Gasteiger partial charge in [-0.2, -0.15) is 0 Å². The van der Waals surface area contributed by atoms with Crippen molar-refractivity contribution in [1.29, 1.82) is 0 Å². The van der Waals surface area contributed by atoms with Gasteiger partial charge in [-0.25, -0.2) is 4.39 Å². The van der Waals surface area contributed by atoms with Gasteiger partial charge in [0.1, 0.15) is 5.82 Å². The maximum Gasteiger partial charge on any atom is 0.495 e. The summed E-state index contributed by atoms with van der Waals surface area (Å²) < 4.78 is 25.6. The van der Waals surface area contributed by atoms with Gasteiger partial charge in [0.2, 0.25) is 0 Å². The lowest BCUT2D eigenvalue weighted by Crippen LogP contribution is -2.41. The fraction of sp³-hybridized carbons (Fsp3) is 0.556. The largest absolute Gasteiger partial charge is 0.495 e. The molecule has 0 saturated carbocycles. The van der Waals surface area contributed by atoms with E-state index in [2.05, 4.69) is 26.8 Å². The molecule has 0 atom stereocenters. The molecule has 1 saturated heterocycles. The van der Waals surface area contributed by atoms with Crippen molar-refractivity contribution < 1.29 is 13.7 Å². The topological polar surface area (TPSA) is 18.5 Å². The normalized spacial score (nSPS) is 21.3. The molecule has 0 N–H and O–H groups in total. The van der Waals surface area contributed by atoms with Gasteiger partial charge in [-0.15, -0.1) is 0 Å². The quantitative estimate of drug-likeness (QED) is 0.724. The molecular weight excluding hydrogens is 278 g/mol. The van der Waals surface area contributed by atoms with Crippen LogP contribution in [-0.2, 0) is 9.31 Å². The molecule has 22 heavy (non-hydrogen) atoms. The fourth-order valence-corrected chi connectivity index (χ4v) is 2.37. The zero-order valence-electron chi connectivity index (χ0n) is 14.7. The Balaban J connectivity index is 2.44. The summed E-state index contributed by atoms with van der Waals surface area (Å²) in [4.78, 5) is 0. The van der Waals surface area contributed by atoms with Crippen LogP contribution in [0.5, 0.6) is 0 Å². The molecule has 0 spiro atoms. The molecule has 0 aromatic heterocycles. The monoisotopic (exact) mass is 304 g/mol. The van der Waals surface area contributed by atoms with Gasteiger partial charge >= 0.3 is 7.12 Å². The van der Waals surface area contributed by atoms with E-state index in [1.165, 1.54) is 12.1 Å². The molecule has 2 rings (SSSR count). The van der Waals surface area contributed by atoms with E-state index in [4.69, 9.17) is 9.31 Å². The zero-order valence-corrected chi connectivity index (χ0v) is 14.7. The molecule has 2 nitrogen and oxygen atoms in total. The van der Waals surface area contributed by atoms with E-state index in [9.17, 15) is 4.39 Å². The molecule has 0 unspecified atom stereocenters. The van der Waals surface area contributed by atoms with Gasteiger partial charge in [0, 0.05) is 0 Å². The van der Waals surface area contributed by atoms with Gasteiger partial charge in [0.15, 0.2) is 0 Å². The second-order valence-corrected chi connectivity index (χ2v) is 8.06. The lowest BCUT2D eigenvalue weighted by Gasteiger charge is -2.32. The van der Waals surface area contributed by atoms with Crippen molar-refractivity contribution in [2.45, 2.75) is 59.7 Å². The molecule has 4 heteroatoms. The second-order valence-electron chi connectivity index (χ2n) is 8.06. The van der Waals surface area contributed by atoms with Crippen molar-refractivity contribution in [2.24, 2.45) is 5.41 Å². The van der Waals surface area contributed by atoms with Crippen molar-refractivity contribution in [3.05, 3.63) is 41.7 Å². The Kier molecular flexibility index (Phi) is 4.31. The van der Waals surface area contributed by atoms with Crippen LogP contribution in [0, 0.1) is 11.2 Å². The van der Waals surface area contributed by atoms with E-state index in [1.54, 1.807) is 12.1 Å². The Morgan fingerprint density at radius 2 is 1.45 bits per heavy atom. The molecule has 1 heterocycles. The van der Waals surface area contributed by atoms with Crippen LogP contribution in [0.15, 0.2) is 30.3 Å². The summed E-state index contributed by atoms with van der Waals surface area (Å²) in [6, 6.07) is 6.49. The smallest absolute Gasteiger partial charge is 0.399 e. The molecule has 120 valence electrons. The Morgan fingerprint density at radius 1 is 1.00 bits per heavy atom. The maximum absolute atomic E-state index is 13.2. The SMILES string of the molecule is CC(C)(C)/C=C(/B1OC(C)(C)C(C)(C)O1)c1ccc(F)cc1. The molecule has 1 aliphatic rings. The molecule has 0 amide bonds. The van der Waals surface area contributed by atoms with Crippen molar-refractivity contribution in [2.75, 3.05) is 0 Å². The number of allylic oxidation sites excluding steroid dienone is 1. The summed E-state index contributed by atoms with van der Waals surface area (Å²) in [6.07, 6.45) is 2.14. The second kappa shape index (κ2) is 5.50. The summed E-state index contributed by atoms with van der Waals surface area (Å²) in [5.41, 5.74) is 1.05. The van der Waals surface area contributed by atoms with E-state index in [-0.39, 0.29) is 11.2 Å². The third-order valence-corrected chi connectivity index (χ3v) is 4.27. The average molecular weight is 304 g/mol. The minimum Gasteiger partial charge on any atom is -0.399 e. The van der Waals surface area contributed by atoms with E-state index in [1.807, 2.05) is 27.7 Å². The lowest BCUT2D eigenvalue weighted by atomic mass is 9.71. The Bertz CT molecular complexity index is 552. The Morgan fingerprint density at radius 3 is 1.86 bits per heavy atom. The molecule has 0 radical (unpaired) electrons. The molecular formula is C18H26BFO2. The molecule has 1 aliphatic heterocycles. The third-order valence-electron chi connectivity index (χ3n) is 4.27. The summed E-state index contributed by atoms with van der Waals surface area (Å²) in [7, 11) is -0.449. The van der Waals surface area contributed by atoms with Crippen LogP contribution in [0.1, 0.15) is 54.0 Å². The summed E-state index contributed by atoms with van der Waals surface area (Å²) in [5, 5.41) is 0. The van der Waals surface area contributed by atoms with Gasteiger partial charge < -0.3 is 9.31 Å². The number of hydrogen-bond acceptors (Lipinski definition) is 2. The Hall–Kier alpha value is -1.13. The molecule has 0 bridgehead atoms. The number of hydrogen-bond donors (Lipinski definition) is 0. The molecule has 1 fully saturated rings. The zero-order chi connectivity index (χ0) is 16.8. The number of benzene rings is 1. The van der Waals surface area contributed by atoms with Crippen LogP contribution in [0.2, 0.25) is 0 Å². The van der Waals surface area contributed by atoms with Crippen LogP contribution in [0.3, 0.4) is 0 Å². The van der Waals surface area contributed by atoms with Gasteiger partial charge in [0.25, 0.3) is 0 Å². The lowest BCUT2D eigenvalue weighted by molar-refractivity contribution is 0.00578. The predicted octanol–water partition coefficient (Wildman–Crippen LogP) is 4.89. The van der Waals surface area contributed by atoms with Gasteiger partial charge in [-0.1, -0.05) is 39.0 Å². The predicted molar refractivity (Wildman–Crippen MR) is 89.9 cm³/mol. The summed E-state index contributed by atoms with van der Waals surface area (Å²) in [5.74, 6) is -0.243. The number of halogens is 1. The first kappa shape index (κ1) is 17.2. The standard InChI is InChI=1S/C18H26BFO2/c1-16(2,3)12-15(13-8-10-14(20)11-9-13)19-21-17(4,5)18(6,7)22-19/h8-12H,1-7H3/b15-12+. The first-order valence-electron chi connectivity index (χ1n) is 7.76. The fourth-order valence-electron chi connectivity index (χ4n) is 2.37. The molecule has 1 aromatic rings. The highest BCUT2D eigenvalue weighted by molar-refractivity contribution is 6.69. The first-order chi connectivity index (χ1) is 9.91. The average Bonchev–Trinajstić information content (AvgIpc) is 2.55. The highest BCUT2D eigenvalue weighted by atomic mass is 19.1. The van der Waals surface area contributed by atoms with Crippen LogP contribution in [-0.4, -0.2) is 18.3 Å². The van der Waals surface area contributed by atoms with E-state index >= 15 is 0 Å². The van der Waals surface area contributed by atoms with Crippen LogP contribution >= 0.6 is 0 Å². The van der Waals surface area contributed by atoms with Crippen LogP contribution in [0.25, 0.3) is 5.47 Å². The van der Waals surface area contributed by atoms with Crippen molar-refractivity contribution in [1.82, 2.24) is 0 Å². The molecule has 0 aliphatic carbocycles. The van der Waals surface area contributed by atoms with Crippen molar-refractivity contribution >= 4 is 12.6 Å². The highest BCUT2D eigenvalue weighted by Gasteiger charge is 2.52. The Labute approximate surface area is 133 Å². The maximum atomic E-state index is 13.2. The van der Waals surface area contributed by atoms with Gasteiger partial charge in [-0.3, -0.25) is 0 Å². The van der Waals surface area contributed by atoms with Crippen molar-refractivity contribution in [3.8, 4) is 0 Å². The van der Waals surface area contributed by atoms with Crippen LogP contribution < -0.4 is 0 Å². The summed E-state index contributed by atoms with van der Waals surface area (Å²) >= 11 is 0. The minimum absolute atomic E-state index is 0.0344. The first-order valence-corrected chi connectivity index (χ1v) is 7.76. The molecule has 1 aromatic carbocycles. The van der Waals surface area contributed by atoms with Crippen LogP contribution in [0.4, 0.5) is 4.39 Å². The highest BCUT2D eigenvalue weighted by Crippen LogP contribution is 2.41. The number of rotatable bonds is 2. The van der Waals surface area contributed by atoms with E-state index in [0.717, 1.165) is 11.0 Å².